The maximum atomic E-state index is 3.47. The summed E-state index contributed by atoms with van der Waals surface area (Å²) in [5.74, 6) is 0. The van der Waals surface area contributed by atoms with E-state index in [9.17, 15) is 0 Å². The fourth-order valence-electron chi connectivity index (χ4n) is 2.32. The zero-order valence-electron chi connectivity index (χ0n) is 8.33. The van der Waals surface area contributed by atoms with Gasteiger partial charge in [-0.2, -0.15) is 0 Å². The van der Waals surface area contributed by atoms with E-state index in [1.165, 1.54) is 16.5 Å². The van der Waals surface area contributed by atoms with Crippen molar-refractivity contribution in [1.29, 1.82) is 0 Å². The predicted octanol–water partition coefficient (Wildman–Crippen LogP) is 2.31. The minimum Gasteiger partial charge on any atom is -0.343 e. The van der Waals surface area contributed by atoms with E-state index in [2.05, 4.69) is 47.3 Å². The lowest BCUT2D eigenvalue weighted by Gasteiger charge is -2.11. The van der Waals surface area contributed by atoms with Gasteiger partial charge in [-0.05, 0) is 23.9 Å². The molecule has 0 fully saturated rings. The summed E-state index contributed by atoms with van der Waals surface area (Å²) < 4.78 is 2.38. The number of hydrogen-bond donors (Lipinski definition) is 1. The van der Waals surface area contributed by atoms with Crippen LogP contribution in [0.2, 0.25) is 0 Å². The van der Waals surface area contributed by atoms with Gasteiger partial charge >= 0.3 is 0 Å². The first-order chi connectivity index (χ1) is 6.86. The van der Waals surface area contributed by atoms with Crippen molar-refractivity contribution in [2.45, 2.75) is 19.5 Å². The Morgan fingerprint density at radius 2 is 2.29 bits per heavy atom. The largest absolute Gasteiger partial charge is 0.343 e. The summed E-state index contributed by atoms with van der Waals surface area (Å²) in [6.45, 7) is 4.30. The van der Waals surface area contributed by atoms with Gasteiger partial charge in [0.25, 0.3) is 0 Å². The lowest BCUT2D eigenvalue weighted by molar-refractivity contribution is 0.521. The summed E-state index contributed by atoms with van der Waals surface area (Å²) in [4.78, 5) is 0. The molecule has 72 valence electrons. The van der Waals surface area contributed by atoms with Crippen LogP contribution in [0.5, 0.6) is 0 Å². The number of benzene rings is 1. The maximum absolute atomic E-state index is 3.47. The van der Waals surface area contributed by atoms with Gasteiger partial charge in [0.2, 0.25) is 0 Å². The van der Waals surface area contributed by atoms with E-state index in [0.29, 0.717) is 6.04 Å². The molecular weight excluding hydrogens is 172 g/mol. The highest BCUT2D eigenvalue weighted by atomic mass is 15.1. The van der Waals surface area contributed by atoms with Crippen LogP contribution >= 0.6 is 0 Å². The van der Waals surface area contributed by atoms with Crippen LogP contribution in [0.3, 0.4) is 0 Å². The Morgan fingerprint density at radius 3 is 3.21 bits per heavy atom. The van der Waals surface area contributed by atoms with E-state index in [4.69, 9.17) is 0 Å². The monoisotopic (exact) mass is 186 g/mol. The molecule has 14 heavy (non-hydrogen) atoms. The maximum Gasteiger partial charge on any atom is 0.0528 e. The zero-order chi connectivity index (χ0) is 9.54. The third-order valence-corrected chi connectivity index (χ3v) is 3.05. The van der Waals surface area contributed by atoms with Crippen molar-refractivity contribution in [3.63, 3.8) is 0 Å². The Morgan fingerprint density at radius 1 is 1.36 bits per heavy atom. The third kappa shape index (κ3) is 1.01. The number of nitrogens with zero attached hydrogens (tertiary/aromatic N) is 1. The van der Waals surface area contributed by atoms with Gasteiger partial charge in [-0.25, -0.2) is 0 Å². The molecule has 3 rings (SSSR count). The predicted molar refractivity (Wildman–Crippen MR) is 58.4 cm³/mol. The van der Waals surface area contributed by atoms with Gasteiger partial charge in [0.1, 0.15) is 0 Å². The molecule has 2 heteroatoms. The van der Waals surface area contributed by atoms with Crippen LogP contribution < -0.4 is 5.32 Å². The summed E-state index contributed by atoms with van der Waals surface area (Å²) in [7, 11) is 0. The van der Waals surface area contributed by atoms with Crippen LogP contribution in [0.1, 0.15) is 18.5 Å². The highest BCUT2D eigenvalue weighted by Gasteiger charge is 2.14. The molecule has 0 amide bonds. The van der Waals surface area contributed by atoms with Gasteiger partial charge in [0.05, 0.1) is 5.52 Å². The summed E-state index contributed by atoms with van der Waals surface area (Å²) in [6.07, 6.45) is 2.20. The molecule has 2 heterocycles. The molecule has 1 aromatic carbocycles. The molecule has 2 nitrogen and oxygen atoms in total. The highest BCUT2D eigenvalue weighted by Crippen LogP contribution is 2.25. The van der Waals surface area contributed by atoms with Gasteiger partial charge < -0.3 is 9.88 Å². The zero-order valence-corrected chi connectivity index (χ0v) is 8.33. The smallest absolute Gasteiger partial charge is 0.0528 e. The fraction of sp³-hybridized carbons (Fsp3) is 0.333. The second-order valence-corrected chi connectivity index (χ2v) is 4.06. The number of nitrogens with one attached hydrogen (secondary N) is 1. The van der Waals surface area contributed by atoms with Gasteiger partial charge in [-0.15, -0.1) is 0 Å². The van der Waals surface area contributed by atoms with Crippen molar-refractivity contribution >= 4 is 10.9 Å². The van der Waals surface area contributed by atoms with Crippen molar-refractivity contribution in [3.8, 4) is 0 Å². The SMILES string of the molecule is CC1CNCc2cccc3ccn1c23. The molecule has 0 bridgehead atoms. The van der Waals surface area contributed by atoms with E-state index < -0.39 is 0 Å². The van der Waals surface area contributed by atoms with E-state index in [1.54, 1.807) is 0 Å². The molecule has 0 spiro atoms. The minimum absolute atomic E-state index is 0.552. The summed E-state index contributed by atoms with van der Waals surface area (Å²) in [5, 5.41) is 4.83. The minimum atomic E-state index is 0.552. The van der Waals surface area contributed by atoms with Crippen LogP contribution in [-0.2, 0) is 6.54 Å². The van der Waals surface area contributed by atoms with E-state index in [0.717, 1.165) is 13.1 Å². The second-order valence-electron chi connectivity index (χ2n) is 4.06. The molecule has 0 aliphatic carbocycles. The quantitative estimate of drug-likeness (QED) is 0.668. The molecule has 1 atom stereocenters. The lowest BCUT2D eigenvalue weighted by Crippen LogP contribution is -2.19. The van der Waals surface area contributed by atoms with Crippen molar-refractivity contribution < 1.29 is 0 Å². The molecule has 1 aliphatic heterocycles. The molecule has 1 aliphatic rings. The topological polar surface area (TPSA) is 17.0 Å². The van der Waals surface area contributed by atoms with Crippen LogP contribution in [0.4, 0.5) is 0 Å². The number of hydrogen-bond acceptors (Lipinski definition) is 1. The number of aromatic nitrogens is 1. The molecule has 1 unspecified atom stereocenters. The van der Waals surface area contributed by atoms with Gasteiger partial charge in [0, 0.05) is 25.3 Å². The molecule has 0 radical (unpaired) electrons. The van der Waals surface area contributed by atoms with Crippen molar-refractivity contribution in [2.24, 2.45) is 0 Å². The molecule has 1 aromatic heterocycles. The second kappa shape index (κ2) is 2.85. The molecule has 0 saturated carbocycles. The Hall–Kier alpha value is -1.28. The average molecular weight is 186 g/mol. The third-order valence-electron chi connectivity index (χ3n) is 3.05. The number of para-hydroxylation sites is 1. The van der Waals surface area contributed by atoms with Crippen molar-refractivity contribution in [1.82, 2.24) is 9.88 Å². The summed E-state index contributed by atoms with van der Waals surface area (Å²) >= 11 is 0. The Labute approximate surface area is 83.5 Å². The lowest BCUT2D eigenvalue weighted by atomic mass is 10.1. The Kier molecular flexibility index (Phi) is 1.64. The van der Waals surface area contributed by atoms with Gasteiger partial charge in [-0.3, -0.25) is 0 Å². The molecule has 0 saturated heterocycles. The van der Waals surface area contributed by atoms with E-state index in [-0.39, 0.29) is 0 Å². The van der Waals surface area contributed by atoms with E-state index in [1.807, 2.05) is 0 Å². The Balaban J connectivity index is 2.38. The first kappa shape index (κ1) is 8.06. The first-order valence-corrected chi connectivity index (χ1v) is 5.15. The van der Waals surface area contributed by atoms with Crippen molar-refractivity contribution in [2.75, 3.05) is 6.54 Å². The van der Waals surface area contributed by atoms with Crippen LogP contribution in [0, 0.1) is 0 Å². The van der Waals surface area contributed by atoms with Crippen LogP contribution in [-0.4, -0.2) is 11.1 Å². The molecule has 1 N–H and O–H groups in total. The molecule has 2 aromatic rings. The molecular formula is C12H14N2. The summed E-state index contributed by atoms with van der Waals surface area (Å²) in [5.41, 5.74) is 2.82. The standard InChI is InChI=1S/C12H14N2/c1-9-7-13-8-11-4-2-3-10-5-6-14(9)12(10)11/h2-6,9,13H,7-8H2,1H3. The van der Waals surface area contributed by atoms with Gasteiger partial charge in [-0.1, -0.05) is 18.2 Å². The number of rotatable bonds is 0. The fourth-order valence-corrected chi connectivity index (χ4v) is 2.32. The normalized spacial score (nSPS) is 21.1. The first-order valence-electron chi connectivity index (χ1n) is 5.15. The van der Waals surface area contributed by atoms with Crippen molar-refractivity contribution in [3.05, 3.63) is 36.0 Å². The Bertz CT molecular complexity index is 470. The highest BCUT2D eigenvalue weighted by molar-refractivity contribution is 5.83. The van der Waals surface area contributed by atoms with E-state index >= 15 is 0 Å². The average Bonchev–Trinajstić information content (AvgIpc) is 2.54. The summed E-state index contributed by atoms with van der Waals surface area (Å²) in [6, 6.07) is 9.30. The van der Waals surface area contributed by atoms with Gasteiger partial charge in [0.15, 0.2) is 0 Å². The van der Waals surface area contributed by atoms with Crippen LogP contribution in [0.25, 0.3) is 10.9 Å². The van der Waals surface area contributed by atoms with Crippen LogP contribution in [0.15, 0.2) is 30.5 Å².